The molecule has 27 heavy (non-hydrogen) atoms. The summed E-state index contributed by atoms with van der Waals surface area (Å²) in [6, 6.07) is 16.0. The zero-order chi connectivity index (χ0) is 19.9. The van der Waals surface area contributed by atoms with Crippen LogP contribution in [0.1, 0.15) is 53.5 Å². The number of nitrogens with one attached hydrogen (secondary N) is 3. The van der Waals surface area contributed by atoms with Crippen LogP contribution in [-0.4, -0.2) is 24.3 Å². The van der Waals surface area contributed by atoms with Gasteiger partial charge in [0.05, 0.1) is 0 Å². The molecular formula is C21H25N3O3. The van der Waals surface area contributed by atoms with Crippen molar-refractivity contribution in [2.45, 2.75) is 32.6 Å². The molecular weight excluding hydrogens is 342 g/mol. The Morgan fingerprint density at radius 2 is 1.37 bits per heavy atom. The second-order valence-corrected chi connectivity index (χ2v) is 7.20. The number of hydrogen-bond acceptors (Lipinski definition) is 3. The molecule has 142 valence electrons. The van der Waals surface area contributed by atoms with Gasteiger partial charge in [-0.1, -0.05) is 51.1 Å². The Kier molecular flexibility index (Phi) is 6.71. The highest BCUT2D eigenvalue weighted by Crippen LogP contribution is 2.22. The molecule has 0 bridgehead atoms. The normalized spacial score (nSPS) is 10.8. The lowest BCUT2D eigenvalue weighted by molar-refractivity contribution is -0.121. The first-order chi connectivity index (χ1) is 12.8. The molecule has 0 aliphatic carbocycles. The van der Waals surface area contributed by atoms with Crippen LogP contribution in [0.15, 0.2) is 54.6 Å². The first-order valence-corrected chi connectivity index (χ1v) is 8.80. The SMILES string of the molecule is CC(C)(C)c1ccc(C(=O)NNC(=O)CCNC(=O)c2ccccc2)cc1. The van der Waals surface area contributed by atoms with Crippen molar-refractivity contribution in [2.75, 3.05) is 6.54 Å². The van der Waals surface area contributed by atoms with Crippen molar-refractivity contribution in [3.63, 3.8) is 0 Å². The molecule has 0 fully saturated rings. The smallest absolute Gasteiger partial charge is 0.269 e. The number of hydrazine groups is 1. The summed E-state index contributed by atoms with van der Waals surface area (Å²) in [6.45, 7) is 6.46. The van der Waals surface area contributed by atoms with Crippen LogP contribution in [0.25, 0.3) is 0 Å². The number of amides is 3. The van der Waals surface area contributed by atoms with Crippen LogP contribution < -0.4 is 16.2 Å². The maximum absolute atomic E-state index is 12.1. The molecule has 6 heteroatoms. The number of rotatable bonds is 5. The van der Waals surface area contributed by atoms with Gasteiger partial charge in [0.1, 0.15) is 0 Å². The lowest BCUT2D eigenvalue weighted by Crippen LogP contribution is -2.42. The molecule has 0 saturated heterocycles. The minimum atomic E-state index is -0.392. The molecule has 0 atom stereocenters. The van der Waals surface area contributed by atoms with Gasteiger partial charge < -0.3 is 5.32 Å². The van der Waals surface area contributed by atoms with E-state index in [2.05, 4.69) is 36.9 Å². The fourth-order valence-corrected chi connectivity index (χ4v) is 2.36. The summed E-state index contributed by atoms with van der Waals surface area (Å²) >= 11 is 0. The van der Waals surface area contributed by atoms with E-state index in [1.807, 2.05) is 18.2 Å². The summed E-state index contributed by atoms with van der Waals surface area (Å²) in [5, 5.41) is 2.66. The van der Waals surface area contributed by atoms with E-state index in [1.54, 1.807) is 36.4 Å². The predicted molar refractivity (Wildman–Crippen MR) is 104 cm³/mol. The molecule has 6 nitrogen and oxygen atoms in total. The Labute approximate surface area is 159 Å². The van der Waals surface area contributed by atoms with Crippen molar-refractivity contribution < 1.29 is 14.4 Å². The summed E-state index contributed by atoms with van der Waals surface area (Å²) in [4.78, 5) is 35.7. The Balaban J connectivity index is 1.73. The number of hydrogen-bond donors (Lipinski definition) is 3. The highest BCUT2D eigenvalue weighted by atomic mass is 16.2. The minimum Gasteiger partial charge on any atom is -0.352 e. The molecule has 2 rings (SSSR count). The van der Waals surface area contributed by atoms with Gasteiger partial charge in [-0.15, -0.1) is 0 Å². The number of benzene rings is 2. The van der Waals surface area contributed by atoms with Gasteiger partial charge in [0, 0.05) is 24.1 Å². The third kappa shape index (κ3) is 6.26. The van der Waals surface area contributed by atoms with E-state index >= 15 is 0 Å². The van der Waals surface area contributed by atoms with Crippen molar-refractivity contribution >= 4 is 17.7 Å². The van der Waals surface area contributed by atoms with Gasteiger partial charge in [-0.25, -0.2) is 0 Å². The second kappa shape index (κ2) is 8.98. The van der Waals surface area contributed by atoms with Crippen LogP contribution in [0.3, 0.4) is 0 Å². The third-order valence-electron chi connectivity index (χ3n) is 4.00. The van der Waals surface area contributed by atoms with E-state index < -0.39 is 5.91 Å². The molecule has 0 radical (unpaired) electrons. The molecule has 2 aromatic rings. The Hall–Kier alpha value is -3.15. The van der Waals surface area contributed by atoms with E-state index in [-0.39, 0.29) is 30.2 Å². The van der Waals surface area contributed by atoms with E-state index in [0.29, 0.717) is 11.1 Å². The van der Waals surface area contributed by atoms with Crippen molar-refractivity contribution in [2.24, 2.45) is 0 Å². The van der Waals surface area contributed by atoms with Gasteiger partial charge in [0.2, 0.25) is 5.91 Å². The Morgan fingerprint density at radius 3 is 1.96 bits per heavy atom. The van der Waals surface area contributed by atoms with Gasteiger partial charge >= 0.3 is 0 Å². The quantitative estimate of drug-likeness (QED) is 0.710. The van der Waals surface area contributed by atoms with Crippen LogP contribution in [0, 0.1) is 0 Å². The van der Waals surface area contributed by atoms with Gasteiger partial charge in [0.25, 0.3) is 11.8 Å². The largest absolute Gasteiger partial charge is 0.352 e. The molecule has 0 saturated carbocycles. The molecule has 0 aliphatic rings. The van der Waals surface area contributed by atoms with Crippen molar-refractivity contribution in [1.29, 1.82) is 0 Å². The third-order valence-corrected chi connectivity index (χ3v) is 4.00. The second-order valence-electron chi connectivity index (χ2n) is 7.20. The summed E-state index contributed by atoms with van der Waals surface area (Å²) in [6.07, 6.45) is 0.0574. The first kappa shape index (κ1) is 20.2. The lowest BCUT2D eigenvalue weighted by atomic mass is 9.87. The summed E-state index contributed by atoms with van der Waals surface area (Å²) in [7, 11) is 0. The predicted octanol–water partition coefficient (Wildman–Crippen LogP) is 2.57. The fraction of sp³-hybridized carbons (Fsp3) is 0.286. The van der Waals surface area contributed by atoms with Crippen molar-refractivity contribution in [3.05, 3.63) is 71.3 Å². The van der Waals surface area contributed by atoms with Gasteiger partial charge in [-0.3, -0.25) is 25.2 Å². The summed E-state index contributed by atoms with van der Waals surface area (Å²) in [5.74, 6) is -1.02. The van der Waals surface area contributed by atoms with Crippen molar-refractivity contribution in [3.8, 4) is 0 Å². The molecule has 0 heterocycles. The van der Waals surface area contributed by atoms with Crippen LogP contribution in [0.4, 0.5) is 0 Å². The van der Waals surface area contributed by atoms with Crippen LogP contribution in [0.2, 0.25) is 0 Å². The van der Waals surface area contributed by atoms with Crippen molar-refractivity contribution in [1.82, 2.24) is 16.2 Å². The van der Waals surface area contributed by atoms with Crippen LogP contribution in [-0.2, 0) is 10.2 Å². The highest BCUT2D eigenvalue weighted by Gasteiger charge is 2.14. The molecule has 0 spiro atoms. The Bertz CT molecular complexity index is 794. The lowest BCUT2D eigenvalue weighted by Gasteiger charge is -2.19. The standard InChI is InChI=1S/C21H25N3O3/c1-21(2,3)17-11-9-16(10-12-17)20(27)24-23-18(25)13-14-22-19(26)15-7-5-4-6-8-15/h4-12H,13-14H2,1-3H3,(H,22,26)(H,23,25)(H,24,27). The monoisotopic (exact) mass is 367 g/mol. The van der Waals surface area contributed by atoms with Gasteiger partial charge in [0.15, 0.2) is 0 Å². The zero-order valence-corrected chi connectivity index (χ0v) is 15.8. The maximum Gasteiger partial charge on any atom is 0.269 e. The van der Waals surface area contributed by atoms with Crippen LogP contribution >= 0.6 is 0 Å². The van der Waals surface area contributed by atoms with E-state index in [9.17, 15) is 14.4 Å². The molecule has 3 N–H and O–H groups in total. The first-order valence-electron chi connectivity index (χ1n) is 8.80. The van der Waals surface area contributed by atoms with Crippen LogP contribution in [0.5, 0.6) is 0 Å². The van der Waals surface area contributed by atoms with Gasteiger partial charge in [-0.05, 0) is 35.2 Å². The number of carbonyl (C=O) groups is 3. The highest BCUT2D eigenvalue weighted by molar-refractivity contribution is 5.96. The summed E-state index contributed by atoms with van der Waals surface area (Å²) in [5.41, 5.74) is 6.85. The van der Waals surface area contributed by atoms with E-state index in [0.717, 1.165) is 5.56 Å². The molecule has 0 aromatic heterocycles. The average Bonchev–Trinajstić information content (AvgIpc) is 2.66. The minimum absolute atomic E-state index is 0.00735. The fourth-order valence-electron chi connectivity index (χ4n) is 2.36. The van der Waals surface area contributed by atoms with E-state index in [4.69, 9.17) is 0 Å². The topological polar surface area (TPSA) is 87.3 Å². The summed E-state index contributed by atoms with van der Waals surface area (Å²) < 4.78 is 0. The molecule has 0 aliphatic heterocycles. The molecule has 0 unspecified atom stereocenters. The van der Waals surface area contributed by atoms with Gasteiger partial charge in [-0.2, -0.15) is 0 Å². The zero-order valence-electron chi connectivity index (χ0n) is 15.8. The number of carbonyl (C=O) groups excluding carboxylic acids is 3. The maximum atomic E-state index is 12.1. The van der Waals surface area contributed by atoms with E-state index in [1.165, 1.54) is 0 Å². The average molecular weight is 367 g/mol. The molecule has 2 aromatic carbocycles. The Morgan fingerprint density at radius 1 is 0.778 bits per heavy atom. The molecule has 3 amide bonds.